The average Bonchev–Trinajstić information content (AvgIpc) is 2.71. The summed E-state index contributed by atoms with van der Waals surface area (Å²) in [6, 6.07) is -0.261. The molecule has 1 aliphatic carbocycles. The van der Waals surface area contributed by atoms with Gasteiger partial charge in [-0.2, -0.15) is 0 Å². The number of amides is 1. The fourth-order valence-electron chi connectivity index (χ4n) is 2.76. The van der Waals surface area contributed by atoms with Crippen LogP contribution in [-0.2, 0) is 9.53 Å². The number of ether oxygens (including phenoxy) is 1. The van der Waals surface area contributed by atoms with Gasteiger partial charge in [0.05, 0.1) is 18.8 Å². The molecule has 2 rings (SSSR count). The molecule has 20 heavy (non-hydrogen) atoms. The molecule has 5 nitrogen and oxygen atoms in total. The predicted octanol–water partition coefficient (Wildman–Crippen LogP) is 0.418. The Morgan fingerprint density at radius 3 is 2.65 bits per heavy atom. The minimum absolute atomic E-state index is 0.00242. The molecule has 0 aromatic carbocycles. The van der Waals surface area contributed by atoms with E-state index in [9.17, 15) is 18.7 Å². The Balaban J connectivity index is 1.76. The van der Waals surface area contributed by atoms with Crippen LogP contribution in [0.5, 0.6) is 0 Å². The monoisotopic (exact) mass is 292 g/mol. The highest BCUT2D eigenvalue weighted by Gasteiger charge is 2.40. The van der Waals surface area contributed by atoms with E-state index in [1.54, 1.807) is 0 Å². The summed E-state index contributed by atoms with van der Waals surface area (Å²) in [5.41, 5.74) is 0. The molecule has 116 valence electrons. The molecule has 0 radical (unpaired) electrons. The molecule has 1 saturated heterocycles. The highest BCUT2D eigenvalue weighted by molar-refractivity contribution is 5.72. The van der Waals surface area contributed by atoms with Gasteiger partial charge in [0.1, 0.15) is 6.10 Å². The summed E-state index contributed by atoms with van der Waals surface area (Å²) in [5, 5.41) is 15.9. The molecular weight excluding hydrogens is 270 g/mol. The second-order valence-electron chi connectivity index (χ2n) is 5.70. The highest BCUT2D eigenvalue weighted by atomic mass is 19.3. The summed E-state index contributed by atoms with van der Waals surface area (Å²) in [6.07, 6.45) is -0.572. The van der Waals surface area contributed by atoms with Crippen LogP contribution < -0.4 is 10.6 Å². The molecule has 0 aromatic heterocycles. The van der Waals surface area contributed by atoms with E-state index >= 15 is 0 Å². The van der Waals surface area contributed by atoms with Gasteiger partial charge in [0.15, 0.2) is 0 Å². The van der Waals surface area contributed by atoms with E-state index < -0.39 is 18.1 Å². The van der Waals surface area contributed by atoms with Gasteiger partial charge in [-0.25, -0.2) is 8.78 Å². The Hall–Kier alpha value is -0.790. The van der Waals surface area contributed by atoms with Crippen LogP contribution in [0.4, 0.5) is 8.78 Å². The first kappa shape index (κ1) is 15.6. The molecule has 3 atom stereocenters. The first-order chi connectivity index (χ1) is 9.37. The molecular formula is C13H22F2N2O3. The summed E-state index contributed by atoms with van der Waals surface area (Å²) in [4.78, 5) is 10.8. The Morgan fingerprint density at radius 1 is 1.40 bits per heavy atom. The van der Waals surface area contributed by atoms with Crippen molar-refractivity contribution in [3.63, 3.8) is 0 Å². The minimum Gasteiger partial charge on any atom is -0.389 e. The molecule has 1 heterocycles. The normalized spacial score (nSPS) is 34.1. The first-order valence-electron chi connectivity index (χ1n) is 7.05. The topological polar surface area (TPSA) is 70.6 Å². The summed E-state index contributed by atoms with van der Waals surface area (Å²) in [6.45, 7) is 2.00. The first-order valence-corrected chi connectivity index (χ1v) is 7.05. The zero-order valence-corrected chi connectivity index (χ0v) is 11.6. The van der Waals surface area contributed by atoms with Crippen LogP contribution >= 0.6 is 0 Å². The third kappa shape index (κ3) is 4.10. The fraction of sp³-hybridized carbons (Fsp3) is 0.923. The van der Waals surface area contributed by atoms with Gasteiger partial charge in [0.25, 0.3) is 0 Å². The third-order valence-corrected chi connectivity index (χ3v) is 4.00. The molecule has 7 heteroatoms. The maximum atomic E-state index is 13.1. The van der Waals surface area contributed by atoms with Crippen molar-refractivity contribution < 1.29 is 23.4 Å². The molecule has 0 unspecified atom stereocenters. The van der Waals surface area contributed by atoms with Gasteiger partial charge in [-0.15, -0.1) is 0 Å². The predicted molar refractivity (Wildman–Crippen MR) is 68.6 cm³/mol. The summed E-state index contributed by atoms with van der Waals surface area (Å²) < 4.78 is 31.6. The van der Waals surface area contributed by atoms with Crippen LogP contribution in [-0.4, -0.2) is 54.4 Å². The summed E-state index contributed by atoms with van der Waals surface area (Å²) in [7, 11) is 0. The Bertz CT molecular complexity index is 345. The molecule has 0 bridgehead atoms. The second kappa shape index (κ2) is 6.32. The lowest BCUT2D eigenvalue weighted by Crippen LogP contribution is -2.49. The minimum atomic E-state index is -2.54. The van der Waals surface area contributed by atoms with Crippen LogP contribution in [0.3, 0.4) is 0 Å². The van der Waals surface area contributed by atoms with Gasteiger partial charge in [-0.1, -0.05) is 0 Å². The number of hydrogen-bond donors (Lipinski definition) is 3. The molecule has 3 N–H and O–H groups in total. The molecule has 0 aromatic rings. The summed E-state index contributed by atoms with van der Waals surface area (Å²) in [5.74, 6) is -2.72. The van der Waals surface area contributed by atoms with E-state index in [0.29, 0.717) is 19.4 Å². The summed E-state index contributed by atoms with van der Waals surface area (Å²) >= 11 is 0. The lowest BCUT2D eigenvalue weighted by Gasteiger charge is -2.31. The van der Waals surface area contributed by atoms with E-state index in [1.165, 1.54) is 6.92 Å². The molecule has 1 aliphatic heterocycles. The van der Waals surface area contributed by atoms with Gasteiger partial charge in [0, 0.05) is 32.4 Å². The molecule has 1 saturated carbocycles. The number of nitrogens with one attached hydrogen (secondary N) is 2. The van der Waals surface area contributed by atoms with E-state index in [-0.39, 0.29) is 37.4 Å². The molecule has 0 spiro atoms. The van der Waals surface area contributed by atoms with Crippen molar-refractivity contribution in [2.75, 3.05) is 13.2 Å². The van der Waals surface area contributed by atoms with Crippen molar-refractivity contribution in [3.05, 3.63) is 0 Å². The lowest BCUT2D eigenvalue weighted by atomic mass is 9.91. The van der Waals surface area contributed by atoms with Crippen LogP contribution in [0, 0.1) is 0 Å². The number of rotatable bonds is 4. The largest absolute Gasteiger partial charge is 0.389 e. The highest BCUT2D eigenvalue weighted by Crippen LogP contribution is 2.33. The van der Waals surface area contributed by atoms with Gasteiger partial charge < -0.3 is 20.5 Å². The number of carbonyl (C=O) groups is 1. The van der Waals surface area contributed by atoms with E-state index in [0.717, 1.165) is 0 Å². The van der Waals surface area contributed by atoms with Crippen molar-refractivity contribution in [3.8, 4) is 0 Å². The van der Waals surface area contributed by atoms with Crippen molar-refractivity contribution >= 4 is 5.91 Å². The molecule has 2 fully saturated rings. The van der Waals surface area contributed by atoms with Crippen molar-refractivity contribution in [1.82, 2.24) is 10.6 Å². The van der Waals surface area contributed by atoms with Gasteiger partial charge in [-0.3, -0.25) is 4.79 Å². The van der Waals surface area contributed by atoms with Crippen molar-refractivity contribution in [2.45, 2.75) is 62.8 Å². The Labute approximate surface area is 117 Å². The number of alkyl halides is 2. The fourth-order valence-corrected chi connectivity index (χ4v) is 2.76. The van der Waals surface area contributed by atoms with E-state index in [2.05, 4.69) is 10.6 Å². The lowest BCUT2D eigenvalue weighted by molar-refractivity contribution is -0.119. The van der Waals surface area contributed by atoms with E-state index in [4.69, 9.17) is 4.74 Å². The van der Waals surface area contributed by atoms with Crippen LogP contribution in [0.1, 0.15) is 32.6 Å². The van der Waals surface area contributed by atoms with Crippen LogP contribution in [0.2, 0.25) is 0 Å². The quantitative estimate of drug-likeness (QED) is 0.702. The van der Waals surface area contributed by atoms with Crippen molar-refractivity contribution in [2.24, 2.45) is 0 Å². The smallest absolute Gasteiger partial charge is 0.248 e. The third-order valence-electron chi connectivity index (χ3n) is 4.00. The zero-order valence-electron chi connectivity index (χ0n) is 11.6. The maximum absolute atomic E-state index is 13.1. The number of aliphatic hydroxyl groups is 1. The SMILES string of the molecule is CC(=O)NC[C@H]1OC[C@@H](NC2CCC(F)(F)CC2)[C@@H]1O. The van der Waals surface area contributed by atoms with Gasteiger partial charge in [-0.05, 0) is 12.8 Å². The number of aliphatic hydroxyl groups excluding tert-OH is 1. The zero-order chi connectivity index (χ0) is 14.8. The van der Waals surface area contributed by atoms with E-state index in [1.807, 2.05) is 0 Å². The molecule has 1 amide bonds. The van der Waals surface area contributed by atoms with Gasteiger partial charge >= 0.3 is 0 Å². The second-order valence-corrected chi connectivity index (χ2v) is 5.70. The standard InChI is InChI=1S/C13H22F2N2O3/c1-8(18)16-6-11-12(19)10(7-20-11)17-9-2-4-13(14,15)5-3-9/h9-12,17,19H,2-7H2,1H3,(H,16,18)/t10-,11-,12+/m1/s1. The number of hydrogen-bond acceptors (Lipinski definition) is 4. The maximum Gasteiger partial charge on any atom is 0.248 e. The Kier molecular flexibility index (Phi) is 4.93. The Morgan fingerprint density at radius 2 is 2.05 bits per heavy atom. The number of carbonyl (C=O) groups excluding carboxylic acids is 1. The van der Waals surface area contributed by atoms with Crippen LogP contribution in [0.15, 0.2) is 0 Å². The van der Waals surface area contributed by atoms with Crippen molar-refractivity contribution in [1.29, 1.82) is 0 Å². The average molecular weight is 292 g/mol. The number of halogens is 2. The van der Waals surface area contributed by atoms with Gasteiger partial charge in [0.2, 0.25) is 11.8 Å². The molecule has 2 aliphatic rings. The van der Waals surface area contributed by atoms with Crippen LogP contribution in [0.25, 0.3) is 0 Å².